The van der Waals surface area contributed by atoms with Gasteiger partial charge in [-0.15, -0.1) is 0 Å². The van der Waals surface area contributed by atoms with Crippen LogP contribution < -0.4 is 14.4 Å². The third-order valence-corrected chi connectivity index (χ3v) is 4.35. The minimum atomic E-state index is -0.910. The first-order valence-corrected chi connectivity index (χ1v) is 7.91. The minimum absolute atomic E-state index is 0.456. The molecule has 0 spiro atoms. The molecule has 0 bridgehead atoms. The molecule has 0 aliphatic carbocycles. The first kappa shape index (κ1) is 16.4. The summed E-state index contributed by atoms with van der Waals surface area (Å²) >= 11 is 0. The third-order valence-electron chi connectivity index (χ3n) is 4.35. The molecular formula is C17H22N4O3. The standard InChI is InChI=1S/C17H22N4O3/c1-12-4-5-13(18-11-12)17(22)6-8-21(9-7-17)16-19-14(23-2)10-15(20-16)24-3/h4-5,10-11,22H,6-9H2,1-3H3. The van der Waals surface area contributed by atoms with E-state index in [1.165, 1.54) is 0 Å². The maximum absolute atomic E-state index is 10.9. The Labute approximate surface area is 141 Å². The van der Waals surface area contributed by atoms with Gasteiger partial charge in [0, 0.05) is 19.3 Å². The van der Waals surface area contributed by atoms with E-state index in [1.807, 2.05) is 24.0 Å². The Balaban J connectivity index is 1.76. The van der Waals surface area contributed by atoms with Gasteiger partial charge < -0.3 is 19.5 Å². The lowest BCUT2D eigenvalue weighted by atomic mass is 9.87. The topological polar surface area (TPSA) is 80.6 Å². The van der Waals surface area contributed by atoms with E-state index < -0.39 is 5.60 Å². The summed E-state index contributed by atoms with van der Waals surface area (Å²) in [6.07, 6.45) is 2.91. The Morgan fingerprint density at radius 3 is 2.21 bits per heavy atom. The summed E-state index contributed by atoms with van der Waals surface area (Å²) in [4.78, 5) is 15.1. The number of ether oxygens (including phenoxy) is 2. The highest BCUT2D eigenvalue weighted by Gasteiger charge is 2.36. The second kappa shape index (κ2) is 6.60. The quantitative estimate of drug-likeness (QED) is 0.913. The van der Waals surface area contributed by atoms with Crippen molar-refractivity contribution in [1.29, 1.82) is 0 Å². The number of rotatable bonds is 4. The van der Waals surface area contributed by atoms with Crippen LogP contribution in [0.4, 0.5) is 5.95 Å². The average Bonchev–Trinajstić information content (AvgIpc) is 2.62. The predicted molar refractivity (Wildman–Crippen MR) is 89.5 cm³/mol. The molecular weight excluding hydrogens is 308 g/mol. The molecule has 0 amide bonds. The zero-order valence-corrected chi connectivity index (χ0v) is 14.2. The first-order valence-electron chi connectivity index (χ1n) is 7.91. The van der Waals surface area contributed by atoms with Gasteiger partial charge >= 0.3 is 0 Å². The highest BCUT2D eigenvalue weighted by Crippen LogP contribution is 2.33. The summed E-state index contributed by atoms with van der Waals surface area (Å²) in [6.45, 7) is 3.24. The summed E-state index contributed by atoms with van der Waals surface area (Å²) in [5.41, 5.74) is 0.890. The van der Waals surface area contributed by atoms with Gasteiger partial charge in [0.05, 0.1) is 26.0 Å². The number of aromatic nitrogens is 3. The van der Waals surface area contributed by atoms with Crippen LogP contribution in [-0.4, -0.2) is 47.4 Å². The number of pyridine rings is 1. The molecule has 0 unspecified atom stereocenters. The zero-order valence-electron chi connectivity index (χ0n) is 14.2. The highest BCUT2D eigenvalue weighted by molar-refractivity contribution is 5.38. The van der Waals surface area contributed by atoms with Crippen molar-refractivity contribution in [2.24, 2.45) is 0 Å². The van der Waals surface area contributed by atoms with Crippen molar-refractivity contribution < 1.29 is 14.6 Å². The second-order valence-corrected chi connectivity index (χ2v) is 5.99. The van der Waals surface area contributed by atoms with E-state index in [2.05, 4.69) is 15.0 Å². The lowest BCUT2D eigenvalue weighted by Crippen LogP contribution is -2.43. The molecule has 1 aliphatic heterocycles. The Morgan fingerprint density at radius 1 is 1.08 bits per heavy atom. The van der Waals surface area contributed by atoms with E-state index in [1.54, 1.807) is 26.5 Å². The van der Waals surface area contributed by atoms with Gasteiger partial charge in [-0.25, -0.2) is 0 Å². The number of hydrogen-bond acceptors (Lipinski definition) is 7. The van der Waals surface area contributed by atoms with Crippen LogP contribution in [0.25, 0.3) is 0 Å². The number of aryl methyl sites for hydroxylation is 1. The summed E-state index contributed by atoms with van der Waals surface area (Å²) < 4.78 is 10.4. The van der Waals surface area contributed by atoms with Gasteiger partial charge in [-0.05, 0) is 31.4 Å². The second-order valence-electron chi connectivity index (χ2n) is 5.99. The molecule has 7 heteroatoms. The van der Waals surface area contributed by atoms with Gasteiger partial charge in [-0.3, -0.25) is 4.98 Å². The molecule has 0 radical (unpaired) electrons. The predicted octanol–water partition coefficient (Wildman–Crippen LogP) is 1.69. The van der Waals surface area contributed by atoms with E-state index >= 15 is 0 Å². The van der Waals surface area contributed by atoms with E-state index in [-0.39, 0.29) is 0 Å². The molecule has 128 valence electrons. The number of nitrogens with zero attached hydrogens (tertiary/aromatic N) is 4. The van der Waals surface area contributed by atoms with Crippen LogP contribution in [0.3, 0.4) is 0 Å². The maximum atomic E-state index is 10.9. The van der Waals surface area contributed by atoms with Crippen molar-refractivity contribution in [3.05, 3.63) is 35.7 Å². The van der Waals surface area contributed by atoms with Crippen LogP contribution in [0, 0.1) is 6.92 Å². The minimum Gasteiger partial charge on any atom is -0.481 e. The average molecular weight is 330 g/mol. The first-order chi connectivity index (χ1) is 11.5. The molecule has 1 fully saturated rings. The Hall–Kier alpha value is -2.41. The highest BCUT2D eigenvalue weighted by atomic mass is 16.5. The molecule has 0 saturated carbocycles. The summed E-state index contributed by atoms with van der Waals surface area (Å²) in [5.74, 6) is 1.46. The lowest BCUT2D eigenvalue weighted by molar-refractivity contribution is 0.00733. The van der Waals surface area contributed by atoms with Crippen molar-refractivity contribution in [2.45, 2.75) is 25.4 Å². The summed E-state index contributed by atoms with van der Waals surface area (Å²) in [5, 5.41) is 10.9. The fraction of sp³-hybridized carbons (Fsp3) is 0.471. The molecule has 2 aromatic heterocycles. The van der Waals surface area contributed by atoms with Gasteiger partial charge in [0.1, 0.15) is 5.60 Å². The van der Waals surface area contributed by atoms with Crippen molar-refractivity contribution >= 4 is 5.95 Å². The van der Waals surface area contributed by atoms with Crippen molar-refractivity contribution in [3.63, 3.8) is 0 Å². The van der Waals surface area contributed by atoms with Crippen molar-refractivity contribution in [2.75, 3.05) is 32.2 Å². The van der Waals surface area contributed by atoms with Crippen molar-refractivity contribution in [1.82, 2.24) is 15.0 Å². The molecule has 2 aromatic rings. The van der Waals surface area contributed by atoms with E-state index in [0.29, 0.717) is 43.6 Å². The van der Waals surface area contributed by atoms with E-state index in [9.17, 15) is 5.11 Å². The van der Waals surface area contributed by atoms with E-state index in [0.717, 1.165) is 11.3 Å². The third kappa shape index (κ3) is 3.26. The molecule has 1 aliphatic rings. The molecule has 0 aromatic carbocycles. The Morgan fingerprint density at radius 2 is 1.71 bits per heavy atom. The van der Waals surface area contributed by atoms with Crippen LogP contribution >= 0.6 is 0 Å². The van der Waals surface area contributed by atoms with Crippen molar-refractivity contribution in [3.8, 4) is 11.8 Å². The summed E-state index contributed by atoms with van der Waals surface area (Å²) in [6, 6.07) is 5.51. The van der Waals surface area contributed by atoms with E-state index in [4.69, 9.17) is 9.47 Å². The van der Waals surface area contributed by atoms with Gasteiger partial charge in [0.25, 0.3) is 0 Å². The zero-order chi connectivity index (χ0) is 17.2. The smallest absolute Gasteiger partial charge is 0.231 e. The molecule has 0 atom stereocenters. The molecule has 3 rings (SSSR count). The SMILES string of the molecule is COc1cc(OC)nc(N2CCC(O)(c3ccc(C)cn3)CC2)n1. The van der Waals surface area contributed by atoms with Gasteiger partial charge in [0.15, 0.2) is 0 Å². The fourth-order valence-electron chi connectivity index (χ4n) is 2.82. The normalized spacial score (nSPS) is 16.8. The number of methoxy groups -OCH3 is 2. The van der Waals surface area contributed by atoms with Crippen LogP contribution in [0.5, 0.6) is 11.8 Å². The van der Waals surface area contributed by atoms with Crippen LogP contribution in [0.2, 0.25) is 0 Å². The largest absolute Gasteiger partial charge is 0.481 e. The molecule has 1 saturated heterocycles. The fourth-order valence-corrected chi connectivity index (χ4v) is 2.82. The molecule has 1 N–H and O–H groups in total. The molecule has 3 heterocycles. The lowest BCUT2D eigenvalue weighted by Gasteiger charge is -2.37. The molecule has 7 nitrogen and oxygen atoms in total. The van der Waals surface area contributed by atoms with Gasteiger partial charge in [-0.1, -0.05) is 6.07 Å². The number of piperidine rings is 1. The Kier molecular flexibility index (Phi) is 4.53. The maximum Gasteiger partial charge on any atom is 0.231 e. The van der Waals surface area contributed by atoms with Gasteiger partial charge in [-0.2, -0.15) is 9.97 Å². The molecule has 24 heavy (non-hydrogen) atoms. The van der Waals surface area contributed by atoms with Crippen LogP contribution in [0.1, 0.15) is 24.1 Å². The monoisotopic (exact) mass is 330 g/mol. The van der Waals surface area contributed by atoms with Crippen LogP contribution in [-0.2, 0) is 5.60 Å². The summed E-state index contributed by atoms with van der Waals surface area (Å²) in [7, 11) is 3.12. The van der Waals surface area contributed by atoms with Gasteiger partial charge in [0.2, 0.25) is 17.7 Å². The number of aliphatic hydroxyl groups is 1. The number of hydrogen-bond donors (Lipinski definition) is 1. The van der Waals surface area contributed by atoms with Crippen LogP contribution in [0.15, 0.2) is 24.4 Å². The Bertz CT molecular complexity index is 675. The number of anilines is 1.